The van der Waals surface area contributed by atoms with Gasteiger partial charge < -0.3 is 70.0 Å². The molecule has 4 aliphatic carbocycles. The van der Waals surface area contributed by atoms with Gasteiger partial charge in [-0.3, -0.25) is 0 Å². The number of hydrogen-bond acceptors (Lipinski definition) is 14. The average Bonchev–Trinajstić information content (AvgIpc) is 3.40. The summed E-state index contributed by atoms with van der Waals surface area (Å²) in [4.78, 5) is 0. The molecule has 0 aromatic carbocycles. The maximum atomic E-state index is 12.3. The van der Waals surface area contributed by atoms with E-state index < -0.39 is 98.5 Å². The number of fused-ring (bicyclic) bond motifs is 5. The van der Waals surface area contributed by atoms with Crippen molar-refractivity contribution < 1.29 is 70.0 Å². The molecule has 0 aromatic rings. The molecule has 0 radical (unpaired) electrons. The lowest BCUT2D eigenvalue weighted by Crippen LogP contribution is -2.65. The van der Waals surface area contributed by atoms with Crippen molar-refractivity contribution in [3.8, 4) is 0 Å². The summed E-state index contributed by atoms with van der Waals surface area (Å²) in [5.41, 5.74) is -0.951. The van der Waals surface area contributed by atoms with Crippen LogP contribution in [0.1, 0.15) is 107 Å². The standard InChI is InChI=1S/C42H72O14/c1-20(21-15-16-40(6)26-12-10-22-23(11-13-27(45)38(22,2)3)42(26,8)28(46)17-41(21,40)7)9-14-29(39(4,5)52)55-37-35(33(50)31(48)25(19-44)54-37)56-36-34(51)32(49)30(47)24(18-43)53-36/h10,20-21,23-37,43-52H,9,11-19H2,1-8H3/t20-,21?,23?,24-,25-,26?,27+,28-,29-,30-,31-,32+,33+,34-,35-,36+,37+,40+,41-,42+/m1/s1. The summed E-state index contributed by atoms with van der Waals surface area (Å²) in [6, 6.07) is 0. The minimum Gasteiger partial charge on any atom is -0.394 e. The maximum Gasteiger partial charge on any atom is 0.187 e. The van der Waals surface area contributed by atoms with E-state index in [0.29, 0.717) is 19.3 Å². The molecule has 2 aliphatic heterocycles. The van der Waals surface area contributed by atoms with Crippen LogP contribution in [0.15, 0.2) is 11.6 Å². The number of hydrogen-bond donors (Lipinski definition) is 10. The molecule has 3 unspecified atom stereocenters. The summed E-state index contributed by atoms with van der Waals surface area (Å²) in [6.45, 7) is 15.4. The molecule has 14 nitrogen and oxygen atoms in total. The molecule has 5 fully saturated rings. The van der Waals surface area contributed by atoms with Gasteiger partial charge in [0.2, 0.25) is 0 Å². The van der Waals surface area contributed by atoms with E-state index >= 15 is 0 Å². The van der Waals surface area contributed by atoms with Gasteiger partial charge in [-0.2, -0.15) is 0 Å². The van der Waals surface area contributed by atoms with Crippen LogP contribution in [0.25, 0.3) is 0 Å². The Morgan fingerprint density at radius 3 is 1.98 bits per heavy atom. The Morgan fingerprint density at radius 1 is 0.768 bits per heavy atom. The molecule has 0 amide bonds. The van der Waals surface area contributed by atoms with E-state index in [1.807, 2.05) is 0 Å². The summed E-state index contributed by atoms with van der Waals surface area (Å²) >= 11 is 0. The monoisotopic (exact) mass is 800 g/mol. The molecule has 14 heteroatoms. The van der Waals surface area contributed by atoms with Gasteiger partial charge in [-0.1, -0.05) is 53.2 Å². The van der Waals surface area contributed by atoms with Crippen molar-refractivity contribution in [1.82, 2.24) is 0 Å². The first-order valence-electron chi connectivity index (χ1n) is 21.0. The molecule has 0 aromatic heterocycles. The Labute approximate surface area is 331 Å². The summed E-state index contributed by atoms with van der Waals surface area (Å²) in [5, 5.41) is 108. The predicted octanol–water partition coefficient (Wildman–Crippen LogP) is 1.12. The van der Waals surface area contributed by atoms with Gasteiger partial charge in [0.1, 0.15) is 48.8 Å². The van der Waals surface area contributed by atoms with Crippen LogP contribution in [0.5, 0.6) is 0 Å². The number of rotatable bonds is 11. The molecule has 2 saturated heterocycles. The first-order chi connectivity index (χ1) is 26.0. The Morgan fingerprint density at radius 2 is 1.38 bits per heavy atom. The van der Waals surface area contributed by atoms with Crippen LogP contribution >= 0.6 is 0 Å². The number of ether oxygens (including phenoxy) is 4. The van der Waals surface area contributed by atoms with Crippen molar-refractivity contribution in [2.24, 2.45) is 45.3 Å². The SMILES string of the molecule is C[C@H](CC[C@@H](O[C@@H]1O[C@H](CO)[C@@H](O)[C@H](O)[C@H]1O[C@@H]1O[C@H](CO)[C@@H](O)[C@H](O)[C@H]1O)C(C)(C)O)C1CC[C@@]2(C)C3CC=C4C(CC[C@H](O)C4(C)C)[C@]3(C)[C@H](O)C[C@]12C. The van der Waals surface area contributed by atoms with Crippen molar-refractivity contribution in [2.45, 2.75) is 192 Å². The first kappa shape index (κ1) is 44.7. The third-order valence-electron chi connectivity index (χ3n) is 16.6. The molecule has 2 heterocycles. The molecular weight excluding hydrogens is 728 g/mol. The molecule has 20 atom stereocenters. The molecule has 10 N–H and O–H groups in total. The van der Waals surface area contributed by atoms with Crippen LogP contribution in [-0.2, 0) is 18.9 Å². The van der Waals surface area contributed by atoms with Gasteiger partial charge in [0, 0.05) is 10.8 Å². The zero-order valence-corrected chi connectivity index (χ0v) is 34.6. The van der Waals surface area contributed by atoms with Crippen molar-refractivity contribution >= 4 is 0 Å². The minimum atomic E-state index is -1.80. The smallest absolute Gasteiger partial charge is 0.187 e. The average molecular weight is 801 g/mol. The first-order valence-corrected chi connectivity index (χ1v) is 21.0. The lowest BCUT2D eigenvalue weighted by atomic mass is 9.38. The van der Waals surface area contributed by atoms with Gasteiger partial charge in [0.05, 0.1) is 37.1 Å². The van der Waals surface area contributed by atoms with E-state index in [0.717, 1.165) is 32.1 Å². The van der Waals surface area contributed by atoms with Crippen molar-refractivity contribution in [3.05, 3.63) is 11.6 Å². The number of aliphatic hydroxyl groups is 10. The van der Waals surface area contributed by atoms with E-state index in [4.69, 9.17) is 18.9 Å². The van der Waals surface area contributed by atoms with Crippen LogP contribution in [-0.4, -0.2) is 150 Å². The van der Waals surface area contributed by atoms with Crippen LogP contribution < -0.4 is 0 Å². The van der Waals surface area contributed by atoms with Gasteiger partial charge in [-0.05, 0) is 99.7 Å². The normalized spacial score (nSPS) is 50.3. The van der Waals surface area contributed by atoms with Gasteiger partial charge in [0.15, 0.2) is 12.6 Å². The van der Waals surface area contributed by atoms with Crippen LogP contribution in [0.3, 0.4) is 0 Å². The third-order valence-corrected chi connectivity index (χ3v) is 16.6. The second-order valence-electron chi connectivity index (χ2n) is 20.2. The van der Waals surface area contributed by atoms with Gasteiger partial charge >= 0.3 is 0 Å². The summed E-state index contributed by atoms with van der Waals surface area (Å²) in [6.07, 6.45) is -9.06. The lowest BCUT2D eigenvalue weighted by molar-refractivity contribution is -0.375. The lowest BCUT2D eigenvalue weighted by Gasteiger charge is -2.67. The molecule has 6 rings (SSSR count). The predicted molar refractivity (Wildman–Crippen MR) is 202 cm³/mol. The van der Waals surface area contributed by atoms with Crippen LogP contribution in [0, 0.1) is 45.3 Å². The Balaban J connectivity index is 1.19. The molecular formula is C42H72O14. The number of aliphatic hydroxyl groups excluding tert-OH is 9. The molecule has 3 saturated carbocycles. The molecule has 56 heavy (non-hydrogen) atoms. The summed E-state index contributed by atoms with van der Waals surface area (Å²) in [7, 11) is 0. The van der Waals surface area contributed by atoms with Crippen molar-refractivity contribution in [3.63, 3.8) is 0 Å². The summed E-state index contributed by atoms with van der Waals surface area (Å²) < 4.78 is 23.7. The fraction of sp³-hybridized carbons (Fsp3) is 0.952. The maximum absolute atomic E-state index is 12.3. The molecule has 0 bridgehead atoms. The topological polar surface area (TPSA) is 239 Å². The molecule has 324 valence electrons. The Bertz CT molecular complexity index is 1400. The number of allylic oxidation sites excluding steroid dienone is 1. The van der Waals surface area contributed by atoms with Crippen molar-refractivity contribution in [2.75, 3.05) is 13.2 Å². The Hall–Kier alpha value is -0.820. The second kappa shape index (κ2) is 15.9. The molecule has 0 spiro atoms. The highest BCUT2D eigenvalue weighted by Crippen LogP contribution is 2.75. The van der Waals surface area contributed by atoms with E-state index in [1.165, 1.54) is 5.57 Å². The van der Waals surface area contributed by atoms with Gasteiger partial charge in [-0.15, -0.1) is 0 Å². The fourth-order valence-electron chi connectivity index (χ4n) is 12.7. The van der Waals surface area contributed by atoms with Crippen LogP contribution in [0.2, 0.25) is 0 Å². The largest absolute Gasteiger partial charge is 0.394 e. The minimum absolute atomic E-state index is 0.0323. The fourth-order valence-corrected chi connectivity index (χ4v) is 12.7. The van der Waals surface area contributed by atoms with Crippen LogP contribution in [0.4, 0.5) is 0 Å². The van der Waals surface area contributed by atoms with E-state index in [2.05, 4.69) is 47.6 Å². The van der Waals surface area contributed by atoms with Gasteiger partial charge in [-0.25, -0.2) is 0 Å². The summed E-state index contributed by atoms with van der Waals surface area (Å²) in [5.74, 6) is 0.931. The second-order valence-corrected chi connectivity index (χ2v) is 20.2. The third kappa shape index (κ3) is 7.16. The zero-order chi connectivity index (χ0) is 41.5. The van der Waals surface area contributed by atoms with E-state index in [-0.39, 0.29) is 45.3 Å². The zero-order valence-electron chi connectivity index (χ0n) is 34.6. The quantitative estimate of drug-likeness (QED) is 0.132. The molecule has 6 aliphatic rings. The highest BCUT2D eigenvalue weighted by atomic mass is 16.8. The van der Waals surface area contributed by atoms with Crippen molar-refractivity contribution in [1.29, 1.82) is 0 Å². The Kier molecular flexibility index (Phi) is 12.7. The van der Waals surface area contributed by atoms with E-state index in [9.17, 15) is 51.1 Å². The van der Waals surface area contributed by atoms with Gasteiger partial charge in [0.25, 0.3) is 0 Å². The van der Waals surface area contributed by atoms with E-state index in [1.54, 1.807) is 13.8 Å². The highest BCUT2D eigenvalue weighted by Gasteiger charge is 2.70. The highest BCUT2D eigenvalue weighted by molar-refractivity contribution is 5.31.